The minimum atomic E-state index is -3.01. The summed E-state index contributed by atoms with van der Waals surface area (Å²) in [7, 11) is 3.11. The second-order valence-corrected chi connectivity index (χ2v) is 2.47. The van der Waals surface area contributed by atoms with Crippen LogP contribution in [0.5, 0.6) is 0 Å². The third kappa shape index (κ3) is 1.74. The fourth-order valence-corrected chi connectivity index (χ4v) is 0.788. The van der Waals surface area contributed by atoms with Crippen LogP contribution >= 0.6 is 9.24 Å². The van der Waals surface area contributed by atoms with E-state index in [4.69, 9.17) is 0 Å². The van der Waals surface area contributed by atoms with Crippen LogP contribution in [0.4, 0.5) is 8.78 Å². The lowest BCUT2D eigenvalue weighted by Crippen LogP contribution is -2.00. The van der Waals surface area contributed by atoms with Gasteiger partial charge in [-0.05, 0) is 0 Å². The average Bonchev–Trinajstić information content (AvgIpc) is 1.88. The molecule has 0 atom stereocenters. The van der Waals surface area contributed by atoms with Gasteiger partial charge in [0.2, 0.25) is 0 Å². The van der Waals surface area contributed by atoms with Crippen molar-refractivity contribution in [3.05, 3.63) is 35.9 Å². The molecule has 10 heavy (non-hydrogen) atoms. The van der Waals surface area contributed by atoms with Gasteiger partial charge in [-0.15, -0.1) is 0 Å². The molecule has 0 spiro atoms. The Bertz CT molecular complexity index is 203. The van der Waals surface area contributed by atoms with Gasteiger partial charge in [-0.3, -0.25) is 0 Å². The van der Waals surface area contributed by atoms with Gasteiger partial charge in [0.1, 0.15) is 0 Å². The normalized spacial score (nSPS) is 11.5. The van der Waals surface area contributed by atoms with E-state index < -0.39 is 5.66 Å². The smallest absolute Gasteiger partial charge is 0.196 e. The maximum absolute atomic E-state index is 12.3. The molecule has 0 heterocycles. The van der Waals surface area contributed by atoms with E-state index in [1.165, 1.54) is 12.1 Å². The Labute approximate surface area is 60.5 Å². The number of hydrogen-bond donors (Lipinski definition) is 0. The number of alkyl halides is 2. The van der Waals surface area contributed by atoms with Crippen molar-refractivity contribution < 1.29 is 8.78 Å². The van der Waals surface area contributed by atoms with Crippen LogP contribution in [-0.4, -0.2) is 0 Å². The zero-order valence-electron chi connectivity index (χ0n) is 5.09. The molecule has 0 aromatic heterocycles. The summed E-state index contributed by atoms with van der Waals surface area (Å²) < 4.78 is 24.6. The van der Waals surface area contributed by atoms with Crippen LogP contribution < -0.4 is 0 Å². The van der Waals surface area contributed by atoms with E-state index >= 15 is 0 Å². The Morgan fingerprint density at radius 2 is 1.60 bits per heavy atom. The standard InChI is InChI=1S/C7H5F2P/c8-7(9,10)6-4-2-1-3-5-6/h1-5H. The molecule has 0 fully saturated rings. The number of benzene rings is 1. The van der Waals surface area contributed by atoms with Gasteiger partial charge < -0.3 is 0 Å². The summed E-state index contributed by atoms with van der Waals surface area (Å²) in [6.45, 7) is 0. The first-order valence-corrected chi connectivity index (χ1v) is 3.21. The van der Waals surface area contributed by atoms with Gasteiger partial charge in [0.05, 0.1) is 0 Å². The maximum atomic E-state index is 12.3. The van der Waals surface area contributed by atoms with Gasteiger partial charge in [0.25, 0.3) is 5.66 Å². The second kappa shape index (κ2) is 2.63. The van der Waals surface area contributed by atoms with E-state index in [0.717, 1.165) is 0 Å². The van der Waals surface area contributed by atoms with Gasteiger partial charge >= 0.3 is 0 Å². The summed E-state index contributed by atoms with van der Waals surface area (Å²) in [5, 5.41) is 0. The number of halogens is 2. The lowest BCUT2D eigenvalue weighted by atomic mass is 10.2. The molecule has 0 saturated carbocycles. The largest absolute Gasteiger partial charge is 0.298 e. The summed E-state index contributed by atoms with van der Waals surface area (Å²) in [6, 6.07) is 7.47. The van der Waals surface area contributed by atoms with Gasteiger partial charge in [-0.25, -0.2) is 0 Å². The fraction of sp³-hybridized carbons (Fsp3) is 0.143. The molecule has 1 aromatic rings. The molecule has 0 bridgehead atoms. The molecule has 0 unspecified atom stereocenters. The molecule has 0 N–H and O–H groups in total. The predicted octanol–water partition coefficient (Wildman–Crippen LogP) is 3.15. The first-order valence-electron chi connectivity index (χ1n) is 2.76. The summed E-state index contributed by atoms with van der Waals surface area (Å²) >= 11 is 0. The number of rotatable bonds is 1. The number of hydrogen-bond acceptors (Lipinski definition) is 0. The monoisotopic (exact) mass is 158 g/mol. The van der Waals surface area contributed by atoms with Crippen molar-refractivity contribution in [3.8, 4) is 0 Å². The Morgan fingerprint density at radius 1 is 1.10 bits per heavy atom. The molecule has 1 rings (SSSR count). The topological polar surface area (TPSA) is 0 Å². The van der Waals surface area contributed by atoms with Crippen LogP contribution in [-0.2, 0) is 5.66 Å². The van der Waals surface area contributed by atoms with Crippen LogP contribution in [0.2, 0.25) is 0 Å². The van der Waals surface area contributed by atoms with Crippen molar-refractivity contribution in [1.82, 2.24) is 0 Å². The van der Waals surface area contributed by atoms with Crippen molar-refractivity contribution in [1.29, 1.82) is 0 Å². The van der Waals surface area contributed by atoms with Gasteiger partial charge in [0.15, 0.2) is 0 Å². The Hall–Kier alpha value is -0.490. The zero-order valence-corrected chi connectivity index (χ0v) is 5.98. The molecule has 0 amide bonds. The zero-order chi connectivity index (χ0) is 7.61. The SMILES string of the molecule is FC(F)([P])c1ccccc1. The van der Waals surface area contributed by atoms with Crippen LogP contribution in [0, 0.1) is 0 Å². The average molecular weight is 158 g/mol. The van der Waals surface area contributed by atoms with Crippen LogP contribution in [0.3, 0.4) is 0 Å². The predicted molar refractivity (Wildman–Crippen MR) is 37.3 cm³/mol. The van der Waals surface area contributed by atoms with Crippen LogP contribution in [0.15, 0.2) is 30.3 Å². The van der Waals surface area contributed by atoms with E-state index in [1.54, 1.807) is 18.2 Å². The second-order valence-electron chi connectivity index (χ2n) is 1.91. The van der Waals surface area contributed by atoms with Gasteiger partial charge in [0, 0.05) is 14.8 Å². The Kier molecular flexibility index (Phi) is 2.00. The molecule has 2 radical (unpaired) electrons. The van der Waals surface area contributed by atoms with Crippen molar-refractivity contribution >= 4 is 9.24 Å². The molecule has 1 aromatic carbocycles. The van der Waals surface area contributed by atoms with Gasteiger partial charge in [-0.2, -0.15) is 8.78 Å². The molecule has 3 heteroatoms. The van der Waals surface area contributed by atoms with E-state index in [-0.39, 0.29) is 5.56 Å². The molecule has 0 nitrogen and oxygen atoms in total. The van der Waals surface area contributed by atoms with Crippen LogP contribution in [0.1, 0.15) is 5.56 Å². The molecular formula is C7H5F2P. The summed E-state index contributed by atoms with van der Waals surface area (Å²) in [6.07, 6.45) is 0. The molecular weight excluding hydrogens is 153 g/mol. The first kappa shape index (κ1) is 7.62. The molecule has 52 valence electrons. The summed E-state index contributed by atoms with van der Waals surface area (Å²) in [5.41, 5.74) is -3.08. The highest BCUT2D eigenvalue weighted by atomic mass is 31.0. The van der Waals surface area contributed by atoms with E-state index in [2.05, 4.69) is 9.24 Å². The van der Waals surface area contributed by atoms with Gasteiger partial charge in [-0.1, -0.05) is 30.3 Å². The summed E-state index contributed by atoms with van der Waals surface area (Å²) in [4.78, 5) is 0. The highest BCUT2D eigenvalue weighted by Gasteiger charge is 2.24. The highest BCUT2D eigenvalue weighted by molar-refractivity contribution is 7.17. The molecule has 0 aliphatic rings. The minimum Gasteiger partial charge on any atom is -0.196 e. The third-order valence-electron chi connectivity index (χ3n) is 1.12. The van der Waals surface area contributed by atoms with E-state index in [0.29, 0.717) is 0 Å². The maximum Gasteiger partial charge on any atom is 0.298 e. The molecule has 0 aliphatic heterocycles. The lowest BCUT2D eigenvalue weighted by Gasteiger charge is -2.07. The fourth-order valence-electron chi connectivity index (χ4n) is 0.639. The Balaban J connectivity index is 2.97. The van der Waals surface area contributed by atoms with E-state index in [1.807, 2.05) is 0 Å². The van der Waals surface area contributed by atoms with Crippen molar-refractivity contribution in [2.24, 2.45) is 0 Å². The van der Waals surface area contributed by atoms with E-state index in [9.17, 15) is 8.78 Å². The van der Waals surface area contributed by atoms with Crippen molar-refractivity contribution in [2.75, 3.05) is 0 Å². The Morgan fingerprint density at radius 3 is 1.90 bits per heavy atom. The van der Waals surface area contributed by atoms with Crippen molar-refractivity contribution in [2.45, 2.75) is 5.66 Å². The molecule has 0 saturated heterocycles. The quantitative estimate of drug-likeness (QED) is 0.550. The van der Waals surface area contributed by atoms with Crippen molar-refractivity contribution in [3.63, 3.8) is 0 Å². The minimum absolute atomic E-state index is 0.0710. The van der Waals surface area contributed by atoms with Crippen LogP contribution in [0.25, 0.3) is 0 Å². The summed E-state index contributed by atoms with van der Waals surface area (Å²) in [5.74, 6) is 0. The lowest BCUT2D eigenvalue weighted by molar-refractivity contribution is 0.104. The third-order valence-corrected chi connectivity index (χ3v) is 1.38. The first-order chi connectivity index (χ1) is 4.61. The molecule has 0 aliphatic carbocycles. The highest BCUT2D eigenvalue weighted by Crippen LogP contribution is 2.33.